The highest BCUT2D eigenvalue weighted by Gasteiger charge is 2.41. The van der Waals surface area contributed by atoms with Gasteiger partial charge in [0.25, 0.3) is 0 Å². The van der Waals surface area contributed by atoms with Crippen LogP contribution in [-0.2, 0) is 17.6 Å². The molecular weight excluding hydrogens is 368 g/mol. The summed E-state index contributed by atoms with van der Waals surface area (Å²) in [5, 5.41) is 27.5. The zero-order valence-electron chi connectivity index (χ0n) is 14.5. The second kappa shape index (κ2) is 6.88. The van der Waals surface area contributed by atoms with Crippen molar-refractivity contribution < 1.29 is 24.7 Å². The fraction of sp³-hybridized carbons (Fsp3) is 0.368. The number of carbonyl (C=O) groups is 1. The second-order valence-corrected chi connectivity index (χ2v) is 7.63. The first-order valence-corrected chi connectivity index (χ1v) is 9.58. The van der Waals surface area contributed by atoms with Gasteiger partial charge in [0.05, 0.1) is 23.8 Å². The molecule has 1 aliphatic carbocycles. The standard InChI is InChI=1S/C19H20N2O5S/c22-17-3-1-2-13-14(9-20-10-15(13)17)11-4-6-16-12(8-11)5-7-18(23)21(16)19(24,25)27-26/h4,6,8-10,17,22,24-26H,1-3,5,7H2/t17-/m1/s1. The Morgan fingerprint density at radius 2 is 2.00 bits per heavy atom. The van der Waals surface area contributed by atoms with Crippen LogP contribution < -0.4 is 4.90 Å². The Hall–Kier alpha value is -1.97. The van der Waals surface area contributed by atoms with Crippen molar-refractivity contribution in [1.82, 2.24) is 4.98 Å². The van der Waals surface area contributed by atoms with Crippen LogP contribution in [0, 0.1) is 0 Å². The summed E-state index contributed by atoms with van der Waals surface area (Å²) in [5.41, 5.74) is 4.92. The van der Waals surface area contributed by atoms with Crippen molar-refractivity contribution in [2.75, 3.05) is 4.90 Å². The van der Waals surface area contributed by atoms with Crippen molar-refractivity contribution in [3.05, 3.63) is 47.3 Å². The number of hydrogen-bond donors (Lipinski definition) is 4. The number of rotatable bonds is 3. The predicted octanol–water partition coefficient (Wildman–Crippen LogP) is 2.20. The van der Waals surface area contributed by atoms with E-state index in [0.717, 1.165) is 52.0 Å². The Balaban J connectivity index is 1.79. The van der Waals surface area contributed by atoms with E-state index in [1.807, 2.05) is 6.07 Å². The van der Waals surface area contributed by atoms with E-state index in [1.165, 1.54) is 0 Å². The van der Waals surface area contributed by atoms with E-state index >= 15 is 0 Å². The maximum atomic E-state index is 12.2. The van der Waals surface area contributed by atoms with Crippen molar-refractivity contribution in [3.63, 3.8) is 0 Å². The molecule has 1 aliphatic heterocycles. The van der Waals surface area contributed by atoms with Crippen LogP contribution in [0.25, 0.3) is 11.1 Å². The lowest BCUT2D eigenvalue weighted by Crippen LogP contribution is -2.51. The number of carbonyl (C=O) groups excluding carboxylic acids is 1. The first-order valence-electron chi connectivity index (χ1n) is 8.81. The van der Waals surface area contributed by atoms with Gasteiger partial charge < -0.3 is 19.9 Å². The molecule has 1 atom stereocenters. The van der Waals surface area contributed by atoms with Gasteiger partial charge in [0.15, 0.2) is 0 Å². The van der Waals surface area contributed by atoms with E-state index in [9.17, 15) is 24.7 Å². The van der Waals surface area contributed by atoms with Crippen LogP contribution in [0.4, 0.5) is 5.69 Å². The van der Waals surface area contributed by atoms with Gasteiger partial charge in [-0.25, -0.2) is 4.90 Å². The summed E-state index contributed by atoms with van der Waals surface area (Å²) in [5.74, 6) is -0.469. The Bertz CT molecular complexity index is 902. The number of pyridine rings is 1. The SMILES string of the molecule is O=C1CCc2cc(-c3cncc4c3CCC[C@H]4O)ccc2N1C(O)(O)SO. The number of aryl methyl sites for hydroxylation is 1. The molecule has 0 saturated carbocycles. The number of aliphatic hydroxyl groups excluding tert-OH is 1. The molecule has 2 heterocycles. The summed E-state index contributed by atoms with van der Waals surface area (Å²) in [6.07, 6.45) is 6.07. The van der Waals surface area contributed by atoms with Crippen molar-refractivity contribution in [2.24, 2.45) is 0 Å². The van der Waals surface area contributed by atoms with E-state index in [1.54, 1.807) is 24.5 Å². The van der Waals surface area contributed by atoms with Crippen LogP contribution in [0.1, 0.15) is 42.1 Å². The van der Waals surface area contributed by atoms with E-state index in [-0.39, 0.29) is 18.5 Å². The highest BCUT2D eigenvalue weighted by Crippen LogP contribution is 2.40. The minimum absolute atomic E-state index is 0.115. The third-order valence-electron chi connectivity index (χ3n) is 5.26. The summed E-state index contributed by atoms with van der Waals surface area (Å²) < 4.78 is 9.17. The zero-order chi connectivity index (χ0) is 19.2. The fourth-order valence-electron chi connectivity index (χ4n) is 3.97. The lowest BCUT2D eigenvalue weighted by Gasteiger charge is -2.36. The number of aromatic nitrogens is 1. The predicted molar refractivity (Wildman–Crippen MR) is 101 cm³/mol. The van der Waals surface area contributed by atoms with Gasteiger partial charge in [-0.15, -0.1) is 0 Å². The zero-order valence-corrected chi connectivity index (χ0v) is 15.3. The van der Waals surface area contributed by atoms with Crippen LogP contribution in [0.15, 0.2) is 30.6 Å². The molecule has 0 radical (unpaired) electrons. The first-order chi connectivity index (χ1) is 12.9. The molecular formula is C19H20N2O5S. The van der Waals surface area contributed by atoms with Crippen LogP contribution in [-0.4, -0.2) is 36.0 Å². The van der Waals surface area contributed by atoms with Gasteiger partial charge >= 0.3 is 5.24 Å². The number of fused-ring (bicyclic) bond motifs is 2. The van der Waals surface area contributed by atoms with Crippen molar-refractivity contribution >= 4 is 23.6 Å². The van der Waals surface area contributed by atoms with Crippen molar-refractivity contribution in [3.8, 4) is 11.1 Å². The number of nitrogens with zero attached hydrogens (tertiary/aromatic N) is 2. The average Bonchev–Trinajstić information content (AvgIpc) is 2.67. The van der Waals surface area contributed by atoms with Crippen molar-refractivity contribution in [1.29, 1.82) is 0 Å². The Labute approximate surface area is 160 Å². The Morgan fingerprint density at radius 1 is 1.19 bits per heavy atom. The fourth-order valence-corrected chi connectivity index (χ4v) is 4.25. The third kappa shape index (κ3) is 3.13. The molecule has 7 nitrogen and oxygen atoms in total. The normalized spacial score (nSPS) is 19.6. The topological polar surface area (TPSA) is 114 Å². The Morgan fingerprint density at radius 3 is 2.78 bits per heavy atom. The van der Waals surface area contributed by atoms with Gasteiger partial charge in [0.2, 0.25) is 5.91 Å². The largest absolute Gasteiger partial charge is 0.388 e. The molecule has 27 heavy (non-hydrogen) atoms. The number of benzene rings is 1. The van der Waals surface area contributed by atoms with Crippen LogP contribution in [0.2, 0.25) is 0 Å². The number of amides is 1. The summed E-state index contributed by atoms with van der Waals surface area (Å²) >= 11 is -0.201. The van der Waals surface area contributed by atoms with E-state index < -0.39 is 17.3 Å². The molecule has 142 valence electrons. The number of hydrogen-bond acceptors (Lipinski definition) is 7. The molecule has 1 aromatic heterocycles. The molecule has 2 aliphatic rings. The maximum Gasteiger partial charge on any atom is 0.332 e. The van der Waals surface area contributed by atoms with Crippen molar-refractivity contribution in [2.45, 2.75) is 43.5 Å². The molecule has 4 rings (SSSR count). The molecule has 0 fully saturated rings. The first kappa shape index (κ1) is 18.4. The molecule has 2 aromatic rings. The minimum Gasteiger partial charge on any atom is -0.388 e. The van der Waals surface area contributed by atoms with E-state index in [0.29, 0.717) is 12.1 Å². The van der Waals surface area contributed by atoms with Crippen LogP contribution in [0.3, 0.4) is 0 Å². The van der Waals surface area contributed by atoms with Gasteiger partial charge in [-0.1, -0.05) is 6.07 Å². The lowest BCUT2D eigenvalue weighted by atomic mass is 9.85. The van der Waals surface area contributed by atoms with Crippen LogP contribution in [0.5, 0.6) is 0 Å². The average molecular weight is 388 g/mol. The summed E-state index contributed by atoms with van der Waals surface area (Å²) in [7, 11) is 0. The summed E-state index contributed by atoms with van der Waals surface area (Å²) in [6.45, 7) is 0. The van der Waals surface area contributed by atoms with E-state index in [2.05, 4.69) is 4.98 Å². The quantitative estimate of drug-likeness (QED) is 0.471. The van der Waals surface area contributed by atoms with Gasteiger partial charge in [0, 0.05) is 29.9 Å². The summed E-state index contributed by atoms with van der Waals surface area (Å²) in [4.78, 5) is 17.3. The maximum absolute atomic E-state index is 12.2. The molecule has 0 saturated heterocycles. The highest BCUT2D eigenvalue weighted by atomic mass is 32.2. The molecule has 0 bridgehead atoms. The van der Waals surface area contributed by atoms with E-state index in [4.69, 9.17) is 0 Å². The monoisotopic (exact) mass is 388 g/mol. The lowest BCUT2D eigenvalue weighted by molar-refractivity contribution is -0.132. The third-order valence-corrected chi connectivity index (χ3v) is 5.68. The molecule has 4 N–H and O–H groups in total. The van der Waals surface area contributed by atoms with Gasteiger partial charge in [0.1, 0.15) is 0 Å². The molecule has 0 spiro atoms. The minimum atomic E-state index is -2.72. The molecule has 0 unspecified atom stereocenters. The molecule has 8 heteroatoms. The molecule has 1 aromatic carbocycles. The highest BCUT2D eigenvalue weighted by molar-refractivity contribution is 7.94. The molecule has 1 amide bonds. The Kier molecular flexibility index (Phi) is 4.69. The smallest absolute Gasteiger partial charge is 0.332 e. The second-order valence-electron chi connectivity index (χ2n) is 6.90. The van der Waals surface area contributed by atoms with Gasteiger partial charge in [-0.2, -0.15) is 0 Å². The number of anilines is 1. The summed E-state index contributed by atoms with van der Waals surface area (Å²) in [6, 6.07) is 5.35. The number of aliphatic hydroxyl groups is 3. The van der Waals surface area contributed by atoms with Crippen LogP contribution >= 0.6 is 12.0 Å². The van der Waals surface area contributed by atoms with Gasteiger partial charge in [-0.05, 0) is 54.5 Å². The van der Waals surface area contributed by atoms with Gasteiger partial charge in [-0.3, -0.25) is 9.78 Å².